The summed E-state index contributed by atoms with van der Waals surface area (Å²) in [5.41, 5.74) is 2.48. The van der Waals surface area contributed by atoms with Crippen molar-refractivity contribution in [1.29, 1.82) is 0 Å². The molecule has 1 aromatic heterocycles. The van der Waals surface area contributed by atoms with E-state index in [0.29, 0.717) is 6.04 Å². The summed E-state index contributed by atoms with van der Waals surface area (Å²) in [5.74, 6) is 0.868. The lowest BCUT2D eigenvalue weighted by molar-refractivity contribution is 0.280. The minimum Gasteiger partial charge on any atom is -0.308 e. The topological polar surface area (TPSA) is 24.9 Å². The first-order valence-corrected chi connectivity index (χ1v) is 6.91. The Morgan fingerprint density at radius 2 is 2.12 bits per heavy atom. The van der Waals surface area contributed by atoms with Gasteiger partial charge in [-0.25, -0.2) is 0 Å². The lowest BCUT2D eigenvalue weighted by atomic mass is 9.84. The van der Waals surface area contributed by atoms with Gasteiger partial charge >= 0.3 is 0 Å². The molecular weight excluding hydrogens is 208 g/mol. The highest BCUT2D eigenvalue weighted by atomic mass is 14.9. The van der Waals surface area contributed by atoms with Crippen LogP contribution in [0.15, 0.2) is 18.3 Å². The van der Waals surface area contributed by atoms with Gasteiger partial charge in [-0.1, -0.05) is 25.3 Å². The monoisotopic (exact) mass is 232 g/mol. The van der Waals surface area contributed by atoms with E-state index < -0.39 is 0 Å². The van der Waals surface area contributed by atoms with Crippen LogP contribution in [0.2, 0.25) is 0 Å². The highest BCUT2D eigenvalue weighted by Gasteiger charge is 2.19. The van der Waals surface area contributed by atoms with Gasteiger partial charge in [0.1, 0.15) is 0 Å². The van der Waals surface area contributed by atoms with Crippen LogP contribution in [0.5, 0.6) is 0 Å². The lowest BCUT2D eigenvalue weighted by Crippen LogP contribution is -2.34. The van der Waals surface area contributed by atoms with E-state index in [2.05, 4.69) is 30.2 Å². The fourth-order valence-electron chi connectivity index (χ4n) is 2.76. The standard InChI is InChI=1S/C15H24N2/c1-12-7-6-10-16-15(12)11-17-13(2)14-8-4-3-5-9-14/h6-7,10,13-14,17H,3-5,8-9,11H2,1-2H3. The maximum atomic E-state index is 4.43. The molecule has 0 aliphatic heterocycles. The van der Waals surface area contributed by atoms with Gasteiger partial charge in [-0.2, -0.15) is 0 Å². The SMILES string of the molecule is Cc1cccnc1CNC(C)C1CCCCC1. The summed E-state index contributed by atoms with van der Waals surface area (Å²) in [6.07, 6.45) is 8.95. The summed E-state index contributed by atoms with van der Waals surface area (Å²) < 4.78 is 0. The van der Waals surface area contributed by atoms with Crippen molar-refractivity contribution in [2.45, 2.75) is 58.5 Å². The van der Waals surface area contributed by atoms with Crippen molar-refractivity contribution in [2.75, 3.05) is 0 Å². The first kappa shape index (κ1) is 12.6. The van der Waals surface area contributed by atoms with Crippen LogP contribution >= 0.6 is 0 Å². The van der Waals surface area contributed by atoms with Crippen molar-refractivity contribution in [3.8, 4) is 0 Å². The normalized spacial score (nSPS) is 19.2. The summed E-state index contributed by atoms with van der Waals surface area (Å²) in [6.45, 7) is 5.37. The number of hydrogen-bond donors (Lipinski definition) is 1. The van der Waals surface area contributed by atoms with Gasteiger partial charge in [-0.15, -0.1) is 0 Å². The summed E-state index contributed by atoms with van der Waals surface area (Å²) in [4.78, 5) is 4.43. The Morgan fingerprint density at radius 1 is 1.35 bits per heavy atom. The van der Waals surface area contributed by atoms with Crippen molar-refractivity contribution in [3.63, 3.8) is 0 Å². The van der Waals surface area contributed by atoms with Crippen LogP contribution in [0.3, 0.4) is 0 Å². The molecule has 1 heterocycles. The second-order valence-corrected chi connectivity index (χ2v) is 5.33. The van der Waals surface area contributed by atoms with Gasteiger partial charge in [-0.05, 0) is 44.2 Å². The van der Waals surface area contributed by atoms with E-state index >= 15 is 0 Å². The molecule has 2 nitrogen and oxygen atoms in total. The molecule has 0 amide bonds. The molecule has 1 saturated carbocycles. The molecule has 0 aromatic carbocycles. The highest BCUT2D eigenvalue weighted by molar-refractivity contribution is 5.17. The molecule has 2 heteroatoms. The zero-order valence-corrected chi connectivity index (χ0v) is 11.1. The maximum Gasteiger partial charge on any atom is 0.0570 e. The molecule has 1 aromatic rings. The fourth-order valence-corrected chi connectivity index (χ4v) is 2.76. The summed E-state index contributed by atoms with van der Waals surface area (Å²) >= 11 is 0. The number of nitrogens with one attached hydrogen (secondary N) is 1. The third kappa shape index (κ3) is 3.53. The second-order valence-electron chi connectivity index (χ2n) is 5.33. The molecule has 1 atom stereocenters. The summed E-state index contributed by atoms with van der Waals surface area (Å²) in [6, 6.07) is 4.76. The zero-order chi connectivity index (χ0) is 12.1. The molecule has 94 valence electrons. The predicted molar refractivity (Wildman–Crippen MR) is 71.9 cm³/mol. The maximum absolute atomic E-state index is 4.43. The highest BCUT2D eigenvalue weighted by Crippen LogP contribution is 2.26. The van der Waals surface area contributed by atoms with Gasteiger partial charge in [0.25, 0.3) is 0 Å². The Bertz CT molecular complexity index is 343. The number of aromatic nitrogens is 1. The van der Waals surface area contributed by atoms with E-state index in [1.165, 1.54) is 43.4 Å². The van der Waals surface area contributed by atoms with E-state index in [1.54, 1.807) is 0 Å². The number of pyridine rings is 1. The minimum atomic E-state index is 0.622. The molecule has 1 unspecified atom stereocenters. The average Bonchev–Trinajstić information content (AvgIpc) is 2.38. The molecule has 0 saturated heterocycles. The van der Waals surface area contributed by atoms with E-state index in [1.807, 2.05) is 12.3 Å². The molecule has 0 spiro atoms. The first-order chi connectivity index (χ1) is 8.27. The van der Waals surface area contributed by atoms with Gasteiger partial charge < -0.3 is 5.32 Å². The van der Waals surface area contributed by atoms with Gasteiger partial charge in [0.05, 0.1) is 5.69 Å². The lowest BCUT2D eigenvalue weighted by Gasteiger charge is -2.28. The van der Waals surface area contributed by atoms with Gasteiger partial charge in [0.2, 0.25) is 0 Å². The first-order valence-electron chi connectivity index (χ1n) is 6.91. The van der Waals surface area contributed by atoms with Crippen molar-refractivity contribution in [1.82, 2.24) is 10.3 Å². The Hall–Kier alpha value is -0.890. The van der Waals surface area contributed by atoms with E-state index in [0.717, 1.165) is 12.5 Å². The quantitative estimate of drug-likeness (QED) is 0.860. The van der Waals surface area contributed by atoms with Crippen LogP contribution in [-0.2, 0) is 6.54 Å². The zero-order valence-electron chi connectivity index (χ0n) is 11.1. The third-order valence-corrected chi connectivity index (χ3v) is 4.07. The molecule has 0 bridgehead atoms. The smallest absolute Gasteiger partial charge is 0.0570 e. The molecule has 17 heavy (non-hydrogen) atoms. The van der Waals surface area contributed by atoms with Crippen LogP contribution in [0.1, 0.15) is 50.3 Å². The number of hydrogen-bond acceptors (Lipinski definition) is 2. The fraction of sp³-hybridized carbons (Fsp3) is 0.667. The molecule has 1 fully saturated rings. The van der Waals surface area contributed by atoms with Crippen molar-refractivity contribution in [2.24, 2.45) is 5.92 Å². The average molecular weight is 232 g/mol. The van der Waals surface area contributed by atoms with Crippen LogP contribution < -0.4 is 5.32 Å². The van der Waals surface area contributed by atoms with Crippen LogP contribution in [0, 0.1) is 12.8 Å². The molecule has 1 aliphatic carbocycles. The van der Waals surface area contributed by atoms with Crippen molar-refractivity contribution < 1.29 is 0 Å². The Labute approximate surface area is 105 Å². The van der Waals surface area contributed by atoms with Gasteiger partial charge in [-0.3, -0.25) is 4.98 Å². The Morgan fingerprint density at radius 3 is 2.82 bits per heavy atom. The molecule has 1 aliphatic rings. The van der Waals surface area contributed by atoms with Crippen molar-refractivity contribution in [3.05, 3.63) is 29.6 Å². The Kier molecular flexibility index (Phi) is 4.55. The number of aryl methyl sites for hydroxylation is 1. The van der Waals surface area contributed by atoms with Gasteiger partial charge in [0, 0.05) is 18.8 Å². The third-order valence-electron chi connectivity index (χ3n) is 4.07. The predicted octanol–water partition coefficient (Wildman–Crippen LogP) is 3.45. The molecule has 1 N–H and O–H groups in total. The van der Waals surface area contributed by atoms with E-state index in [-0.39, 0.29) is 0 Å². The van der Waals surface area contributed by atoms with E-state index in [9.17, 15) is 0 Å². The van der Waals surface area contributed by atoms with Gasteiger partial charge in [0.15, 0.2) is 0 Å². The van der Waals surface area contributed by atoms with Crippen LogP contribution in [-0.4, -0.2) is 11.0 Å². The second kappa shape index (κ2) is 6.15. The molecular formula is C15H24N2. The van der Waals surface area contributed by atoms with Crippen LogP contribution in [0.25, 0.3) is 0 Å². The number of rotatable bonds is 4. The van der Waals surface area contributed by atoms with E-state index in [4.69, 9.17) is 0 Å². The Balaban J connectivity index is 1.83. The number of nitrogens with zero attached hydrogens (tertiary/aromatic N) is 1. The molecule has 0 radical (unpaired) electrons. The van der Waals surface area contributed by atoms with Crippen molar-refractivity contribution >= 4 is 0 Å². The molecule has 2 rings (SSSR count). The summed E-state index contributed by atoms with van der Waals surface area (Å²) in [5, 5.41) is 3.65. The van der Waals surface area contributed by atoms with Crippen LogP contribution in [0.4, 0.5) is 0 Å². The minimum absolute atomic E-state index is 0.622. The largest absolute Gasteiger partial charge is 0.308 e. The summed E-state index contributed by atoms with van der Waals surface area (Å²) in [7, 11) is 0.